The minimum absolute atomic E-state index is 0.0268. The molecule has 5 nitrogen and oxygen atoms in total. The van der Waals surface area contributed by atoms with Crippen molar-refractivity contribution in [3.05, 3.63) is 28.8 Å². The number of hydrogen-bond donors (Lipinski definition) is 2. The van der Waals surface area contributed by atoms with Crippen LogP contribution >= 0.6 is 11.8 Å². The Kier molecular flexibility index (Phi) is 4.95. The second kappa shape index (κ2) is 6.37. The molecule has 1 saturated heterocycles. The maximum absolute atomic E-state index is 12.5. The van der Waals surface area contributed by atoms with Crippen LogP contribution in [0, 0.1) is 13.8 Å². The lowest BCUT2D eigenvalue weighted by Gasteiger charge is -2.23. The number of sulfonamides is 1. The number of carboxylic acids is 1. The molecule has 0 radical (unpaired) electrons. The summed E-state index contributed by atoms with van der Waals surface area (Å²) in [7, 11) is -3.69. The first-order valence-corrected chi connectivity index (χ1v) is 9.39. The summed E-state index contributed by atoms with van der Waals surface area (Å²) in [6.07, 6.45) is 1.81. The molecule has 7 heteroatoms. The number of rotatable bonds is 4. The summed E-state index contributed by atoms with van der Waals surface area (Å²) in [6, 6.07) is 2.78. The van der Waals surface area contributed by atoms with Crippen LogP contribution in [0.25, 0.3) is 0 Å². The van der Waals surface area contributed by atoms with E-state index in [0.29, 0.717) is 11.1 Å². The minimum Gasteiger partial charge on any atom is -0.478 e. The number of nitrogens with one attached hydrogen (secondary N) is 1. The van der Waals surface area contributed by atoms with Gasteiger partial charge < -0.3 is 5.11 Å². The van der Waals surface area contributed by atoms with E-state index in [1.807, 2.05) is 0 Å². The van der Waals surface area contributed by atoms with E-state index >= 15 is 0 Å². The molecule has 1 fully saturated rings. The van der Waals surface area contributed by atoms with E-state index < -0.39 is 16.0 Å². The Bertz CT molecular complexity index is 649. The van der Waals surface area contributed by atoms with Crippen LogP contribution in [0.1, 0.15) is 34.3 Å². The van der Waals surface area contributed by atoms with Crippen LogP contribution < -0.4 is 4.72 Å². The molecule has 1 unspecified atom stereocenters. The molecule has 1 aliphatic rings. The number of carboxylic acid groups (broad SMARTS) is 1. The van der Waals surface area contributed by atoms with Gasteiger partial charge in [-0.3, -0.25) is 0 Å². The molecule has 1 atom stereocenters. The molecule has 0 saturated carbocycles. The quantitative estimate of drug-likeness (QED) is 0.884. The summed E-state index contributed by atoms with van der Waals surface area (Å²) >= 11 is 1.73. The van der Waals surface area contributed by atoms with Gasteiger partial charge in [-0.25, -0.2) is 17.9 Å². The smallest absolute Gasteiger partial charge is 0.335 e. The number of thioether (sulfide) groups is 1. The van der Waals surface area contributed by atoms with Gasteiger partial charge in [-0.15, -0.1) is 0 Å². The SMILES string of the molecule is Cc1cc(C)c(S(=O)(=O)NC2CCCSC2)cc1C(=O)O. The van der Waals surface area contributed by atoms with Gasteiger partial charge in [-0.05, 0) is 49.6 Å². The van der Waals surface area contributed by atoms with Gasteiger partial charge in [0.15, 0.2) is 0 Å². The van der Waals surface area contributed by atoms with Gasteiger partial charge in [0.05, 0.1) is 10.5 Å². The Balaban J connectivity index is 2.34. The molecule has 1 heterocycles. The van der Waals surface area contributed by atoms with Gasteiger partial charge in [0.2, 0.25) is 10.0 Å². The lowest BCUT2D eigenvalue weighted by molar-refractivity contribution is 0.0696. The zero-order valence-corrected chi connectivity index (χ0v) is 13.7. The Labute approximate surface area is 129 Å². The van der Waals surface area contributed by atoms with Crippen LogP contribution in [0.5, 0.6) is 0 Å². The number of carbonyl (C=O) groups is 1. The summed E-state index contributed by atoms with van der Waals surface area (Å²) < 4.78 is 27.7. The molecule has 2 rings (SSSR count). The third-order valence-corrected chi connectivity index (χ3v) is 6.40. The number of benzene rings is 1. The minimum atomic E-state index is -3.69. The standard InChI is InChI=1S/C14H19NO4S2/c1-9-6-10(2)13(7-12(9)14(16)17)21(18,19)15-11-4-3-5-20-8-11/h6-7,11,15H,3-5,8H2,1-2H3,(H,16,17). The first kappa shape index (κ1) is 16.3. The third-order valence-electron chi connectivity index (χ3n) is 3.52. The maximum Gasteiger partial charge on any atom is 0.335 e. The second-order valence-electron chi connectivity index (χ2n) is 5.27. The predicted molar refractivity (Wildman–Crippen MR) is 83.5 cm³/mol. The molecule has 21 heavy (non-hydrogen) atoms. The van der Waals surface area contributed by atoms with E-state index in [9.17, 15) is 13.2 Å². The van der Waals surface area contributed by atoms with Gasteiger partial charge in [-0.2, -0.15) is 11.8 Å². The molecule has 0 amide bonds. The van der Waals surface area contributed by atoms with E-state index in [2.05, 4.69) is 4.72 Å². The van der Waals surface area contributed by atoms with E-state index in [1.54, 1.807) is 31.7 Å². The first-order valence-electron chi connectivity index (χ1n) is 6.76. The zero-order chi connectivity index (χ0) is 15.6. The predicted octanol–water partition coefficient (Wildman–Crippen LogP) is 2.18. The summed E-state index contributed by atoms with van der Waals surface area (Å²) in [5.74, 6) is 0.707. The van der Waals surface area contributed by atoms with Crippen LogP contribution in [0.4, 0.5) is 0 Å². The molecule has 116 valence electrons. The molecule has 0 aliphatic carbocycles. The number of aromatic carboxylic acids is 1. The molecular weight excluding hydrogens is 310 g/mol. The summed E-state index contributed by atoms with van der Waals surface area (Å²) in [6.45, 7) is 3.35. The van der Waals surface area contributed by atoms with E-state index in [-0.39, 0.29) is 16.5 Å². The topological polar surface area (TPSA) is 83.5 Å². The highest BCUT2D eigenvalue weighted by molar-refractivity contribution is 7.99. The van der Waals surface area contributed by atoms with Crippen molar-refractivity contribution in [2.45, 2.75) is 37.6 Å². The Morgan fingerprint density at radius 1 is 1.33 bits per heavy atom. The molecule has 1 aromatic rings. The summed E-state index contributed by atoms with van der Waals surface area (Å²) in [4.78, 5) is 11.2. The molecule has 0 spiro atoms. The fraction of sp³-hybridized carbons (Fsp3) is 0.500. The highest BCUT2D eigenvalue weighted by atomic mass is 32.2. The highest BCUT2D eigenvalue weighted by Gasteiger charge is 2.25. The average molecular weight is 329 g/mol. The van der Waals surface area contributed by atoms with Crippen molar-refractivity contribution < 1.29 is 18.3 Å². The second-order valence-corrected chi connectivity index (χ2v) is 8.11. The largest absolute Gasteiger partial charge is 0.478 e. The van der Waals surface area contributed by atoms with E-state index in [1.165, 1.54) is 6.07 Å². The molecule has 0 bridgehead atoms. The van der Waals surface area contributed by atoms with Crippen molar-refractivity contribution >= 4 is 27.8 Å². The van der Waals surface area contributed by atoms with Gasteiger partial charge >= 0.3 is 5.97 Å². The van der Waals surface area contributed by atoms with Gasteiger partial charge in [0, 0.05) is 11.8 Å². The normalized spacial score (nSPS) is 19.4. The summed E-state index contributed by atoms with van der Waals surface area (Å²) in [5.41, 5.74) is 1.15. The Hall–Kier alpha value is -1.05. The Morgan fingerprint density at radius 2 is 2.05 bits per heavy atom. The number of hydrogen-bond acceptors (Lipinski definition) is 4. The van der Waals surface area contributed by atoms with Gasteiger partial charge in [0.1, 0.15) is 0 Å². The van der Waals surface area contributed by atoms with Crippen LogP contribution in [0.3, 0.4) is 0 Å². The van der Waals surface area contributed by atoms with Crippen molar-refractivity contribution in [2.24, 2.45) is 0 Å². The maximum atomic E-state index is 12.5. The third kappa shape index (κ3) is 3.78. The summed E-state index contributed by atoms with van der Waals surface area (Å²) in [5, 5.41) is 9.15. The first-order chi connectivity index (χ1) is 9.81. The lowest BCUT2D eigenvalue weighted by Crippen LogP contribution is -2.38. The van der Waals surface area contributed by atoms with E-state index in [0.717, 1.165) is 24.3 Å². The van der Waals surface area contributed by atoms with Crippen molar-refractivity contribution in [1.29, 1.82) is 0 Å². The van der Waals surface area contributed by atoms with Crippen molar-refractivity contribution in [3.8, 4) is 0 Å². The molecule has 0 aromatic heterocycles. The fourth-order valence-electron chi connectivity index (χ4n) is 2.47. The van der Waals surface area contributed by atoms with Crippen LogP contribution in [-0.4, -0.2) is 37.0 Å². The van der Waals surface area contributed by atoms with Crippen LogP contribution in [-0.2, 0) is 10.0 Å². The molecule has 2 N–H and O–H groups in total. The lowest BCUT2D eigenvalue weighted by atomic mass is 10.1. The van der Waals surface area contributed by atoms with Crippen LogP contribution in [0.2, 0.25) is 0 Å². The number of aryl methyl sites for hydroxylation is 2. The molecule has 1 aromatic carbocycles. The zero-order valence-electron chi connectivity index (χ0n) is 12.0. The highest BCUT2D eigenvalue weighted by Crippen LogP contribution is 2.23. The van der Waals surface area contributed by atoms with Crippen molar-refractivity contribution in [3.63, 3.8) is 0 Å². The van der Waals surface area contributed by atoms with Gasteiger partial charge in [-0.1, -0.05) is 6.07 Å². The average Bonchev–Trinajstić information content (AvgIpc) is 2.38. The Morgan fingerprint density at radius 3 is 2.62 bits per heavy atom. The van der Waals surface area contributed by atoms with Crippen LogP contribution in [0.15, 0.2) is 17.0 Å². The molecular formula is C14H19NO4S2. The monoisotopic (exact) mass is 329 g/mol. The van der Waals surface area contributed by atoms with Crippen molar-refractivity contribution in [1.82, 2.24) is 4.72 Å². The fourth-order valence-corrected chi connectivity index (χ4v) is 5.17. The van der Waals surface area contributed by atoms with Gasteiger partial charge in [0.25, 0.3) is 0 Å². The van der Waals surface area contributed by atoms with E-state index in [4.69, 9.17) is 5.11 Å². The molecule has 1 aliphatic heterocycles. The van der Waals surface area contributed by atoms with Crippen molar-refractivity contribution in [2.75, 3.05) is 11.5 Å².